The molecule has 1 aliphatic carbocycles. The van der Waals surface area contributed by atoms with Crippen LogP contribution in [0.25, 0.3) is 0 Å². The normalized spacial score (nSPS) is 23.2. The molecule has 1 N–H and O–H groups in total. The number of rotatable bonds is 3. The minimum Gasteiger partial charge on any atom is -0.309 e. The minimum absolute atomic E-state index is 0.410. The van der Waals surface area contributed by atoms with E-state index in [2.05, 4.69) is 31.3 Å². The van der Waals surface area contributed by atoms with Gasteiger partial charge in [-0.05, 0) is 30.4 Å². The van der Waals surface area contributed by atoms with E-state index < -0.39 is 0 Å². The van der Waals surface area contributed by atoms with E-state index in [1.165, 1.54) is 30.6 Å². The summed E-state index contributed by atoms with van der Waals surface area (Å²) in [7, 11) is 0. The second-order valence-corrected chi connectivity index (χ2v) is 6.71. The molecule has 92 valence electrons. The number of nitriles is 1. The van der Waals surface area contributed by atoms with E-state index in [4.69, 9.17) is 5.26 Å². The molecule has 0 amide bonds. The summed E-state index contributed by atoms with van der Waals surface area (Å²) in [6.45, 7) is 5.62. The van der Waals surface area contributed by atoms with Crippen molar-refractivity contribution in [1.29, 1.82) is 5.26 Å². The van der Waals surface area contributed by atoms with Gasteiger partial charge in [0.15, 0.2) is 0 Å². The summed E-state index contributed by atoms with van der Waals surface area (Å²) in [5.41, 5.74) is 0.410. The summed E-state index contributed by atoms with van der Waals surface area (Å²) < 4.78 is 0. The van der Waals surface area contributed by atoms with E-state index in [-0.39, 0.29) is 0 Å². The Bertz CT molecular complexity index is 414. The fraction of sp³-hybridized carbons (Fsp3) is 0.643. The van der Waals surface area contributed by atoms with E-state index in [1.54, 1.807) is 11.3 Å². The Labute approximate surface area is 108 Å². The highest BCUT2D eigenvalue weighted by molar-refractivity contribution is 7.12. The maximum atomic E-state index is 8.79. The highest BCUT2D eigenvalue weighted by Gasteiger charge is 2.31. The van der Waals surface area contributed by atoms with Crippen molar-refractivity contribution in [3.05, 3.63) is 21.9 Å². The first-order chi connectivity index (χ1) is 8.12. The van der Waals surface area contributed by atoms with Gasteiger partial charge in [0.2, 0.25) is 0 Å². The van der Waals surface area contributed by atoms with Crippen molar-refractivity contribution < 1.29 is 0 Å². The lowest BCUT2D eigenvalue weighted by Crippen LogP contribution is -2.43. The number of nitrogens with one attached hydrogen (secondary N) is 1. The Kier molecular flexibility index (Phi) is 3.86. The van der Waals surface area contributed by atoms with E-state index >= 15 is 0 Å². The predicted molar refractivity (Wildman–Crippen MR) is 71.9 cm³/mol. The Morgan fingerprint density at radius 2 is 2.29 bits per heavy atom. The van der Waals surface area contributed by atoms with Crippen LogP contribution in [0.2, 0.25) is 0 Å². The lowest BCUT2D eigenvalue weighted by atomic mass is 9.73. The molecule has 0 aromatic carbocycles. The number of thiophene rings is 1. The van der Waals surface area contributed by atoms with Crippen molar-refractivity contribution in [2.45, 2.75) is 52.1 Å². The quantitative estimate of drug-likeness (QED) is 0.885. The largest absolute Gasteiger partial charge is 0.309 e. The first-order valence-electron chi connectivity index (χ1n) is 6.34. The average Bonchev–Trinajstić information content (AvgIpc) is 2.75. The monoisotopic (exact) mass is 248 g/mol. The maximum Gasteiger partial charge on any atom is 0.110 e. The van der Waals surface area contributed by atoms with E-state index in [9.17, 15) is 0 Å². The number of nitrogens with zero attached hydrogens (tertiary/aromatic N) is 1. The molecule has 3 heteroatoms. The van der Waals surface area contributed by atoms with Crippen molar-refractivity contribution >= 4 is 11.3 Å². The lowest BCUT2D eigenvalue weighted by Gasteiger charge is -2.39. The molecular formula is C14H20N2S. The molecule has 0 saturated heterocycles. The van der Waals surface area contributed by atoms with Gasteiger partial charge in [-0.3, -0.25) is 0 Å². The van der Waals surface area contributed by atoms with Gasteiger partial charge < -0.3 is 5.32 Å². The van der Waals surface area contributed by atoms with Crippen LogP contribution < -0.4 is 5.32 Å². The molecule has 0 radical (unpaired) electrons. The Balaban J connectivity index is 1.91. The number of hydrogen-bond donors (Lipinski definition) is 1. The highest BCUT2D eigenvalue weighted by atomic mass is 32.1. The van der Waals surface area contributed by atoms with E-state index in [0.29, 0.717) is 11.5 Å². The lowest BCUT2D eigenvalue weighted by molar-refractivity contribution is 0.167. The Morgan fingerprint density at radius 3 is 2.94 bits per heavy atom. The first kappa shape index (κ1) is 12.6. The molecule has 1 aliphatic rings. The van der Waals surface area contributed by atoms with Crippen LogP contribution in [0.1, 0.15) is 49.3 Å². The third-order valence-corrected chi connectivity index (χ3v) is 4.79. The SMILES string of the molecule is CC1(C)CCCCC1NCc1ccc(C#N)s1. The molecular weight excluding hydrogens is 228 g/mol. The van der Waals surface area contributed by atoms with Crippen LogP contribution in [0.3, 0.4) is 0 Å². The molecule has 1 unspecified atom stereocenters. The van der Waals surface area contributed by atoms with Gasteiger partial charge >= 0.3 is 0 Å². The molecule has 1 atom stereocenters. The van der Waals surface area contributed by atoms with Crippen molar-refractivity contribution in [3.8, 4) is 6.07 Å². The van der Waals surface area contributed by atoms with Crippen LogP contribution in [0.4, 0.5) is 0 Å². The van der Waals surface area contributed by atoms with Crippen molar-refractivity contribution in [2.75, 3.05) is 0 Å². The smallest absolute Gasteiger partial charge is 0.110 e. The van der Waals surface area contributed by atoms with Gasteiger partial charge in [0.1, 0.15) is 10.9 Å². The molecule has 0 spiro atoms. The molecule has 1 heterocycles. The van der Waals surface area contributed by atoms with Gasteiger partial charge in [-0.1, -0.05) is 26.7 Å². The van der Waals surface area contributed by atoms with Crippen LogP contribution in [0.15, 0.2) is 12.1 Å². The molecule has 2 rings (SSSR count). The van der Waals surface area contributed by atoms with Gasteiger partial charge in [-0.2, -0.15) is 5.26 Å². The van der Waals surface area contributed by atoms with Gasteiger partial charge in [-0.15, -0.1) is 11.3 Å². The van der Waals surface area contributed by atoms with Crippen molar-refractivity contribution in [3.63, 3.8) is 0 Å². The predicted octanol–water partition coefficient (Wildman–Crippen LogP) is 3.68. The molecule has 17 heavy (non-hydrogen) atoms. The van der Waals surface area contributed by atoms with Gasteiger partial charge in [0.05, 0.1) is 0 Å². The zero-order chi connectivity index (χ0) is 12.3. The summed E-state index contributed by atoms with van der Waals surface area (Å²) >= 11 is 1.60. The molecule has 0 aliphatic heterocycles. The third kappa shape index (κ3) is 3.08. The highest BCUT2D eigenvalue weighted by Crippen LogP contribution is 2.35. The van der Waals surface area contributed by atoms with Gasteiger partial charge in [-0.25, -0.2) is 0 Å². The topological polar surface area (TPSA) is 35.8 Å². The zero-order valence-electron chi connectivity index (χ0n) is 10.6. The minimum atomic E-state index is 0.410. The van der Waals surface area contributed by atoms with Gasteiger partial charge in [0.25, 0.3) is 0 Å². The summed E-state index contributed by atoms with van der Waals surface area (Å²) in [6.07, 6.45) is 5.31. The van der Waals surface area contributed by atoms with E-state index in [1.807, 2.05) is 6.07 Å². The average molecular weight is 248 g/mol. The summed E-state index contributed by atoms with van der Waals surface area (Å²) in [5, 5.41) is 12.5. The van der Waals surface area contributed by atoms with Crippen LogP contribution in [0, 0.1) is 16.7 Å². The molecule has 1 aromatic rings. The molecule has 1 saturated carbocycles. The number of hydrogen-bond acceptors (Lipinski definition) is 3. The van der Waals surface area contributed by atoms with Crippen molar-refractivity contribution in [2.24, 2.45) is 5.41 Å². The zero-order valence-corrected chi connectivity index (χ0v) is 11.4. The second kappa shape index (κ2) is 5.20. The van der Waals surface area contributed by atoms with Crippen LogP contribution in [-0.2, 0) is 6.54 Å². The standard InChI is InChI=1S/C14H20N2S/c1-14(2)8-4-3-5-13(14)16-10-12-7-6-11(9-15)17-12/h6-7,13,16H,3-5,8,10H2,1-2H3. The van der Waals surface area contributed by atoms with Crippen LogP contribution >= 0.6 is 11.3 Å². The molecule has 1 aromatic heterocycles. The molecule has 0 bridgehead atoms. The summed E-state index contributed by atoms with van der Waals surface area (Å²) in [4.78, 5) is 2.08. The second-order valence-electron chi connectivity index (χ2n) is 5.55. The molecule has 2 nitrogen and oxygen atoms in total. The van der Waals surface area contributed by atoms with E-state index in [0.717, 1.165) is 11.4 Å². The summed E-state index contributed by atoms with van der Waals surface area (Å²) in [6, 6.07) is 6.78. The Hall–Kier alpha value is -0.850. The van der Waals surface area contributed by atoms with Crippen LogP contribution in [-0.4, -0.2) is 6.04 Å². The van der Waals surface area contributed by atoms with Crippen molar-refractivity contribution in [1.82, 2.24) is 5.32 Å². The van der Waals surface area contributed by atoms with Gasteiger partial charge in [0, 0.05) is 17.5 Å². The third-order valence-electron chi connectivity index (χ3n) is 3.80. The first-order valence-corrected chi connectivity index (χ1v) is 7.16. The fourth-order valence-electron chi connectivity index (χ4n) is 2.63. The fourth-order valence-corrected chi connectivity index (χ4v) is 3.38. The summed E-state index contributed by atoms with van der Waals surface area (Å²) in [5.74, 6) is 0. The Morgan fingerprint density at radius 1 is 1.47 bits per heavy atom. The van der Waals surface area contributed by atoms with Crippen LogP contribution in [0.5, 0.6) is 0 Å². The maximum absolute atomic E-state index is 8.79. The molecule has 1 fully saturated rings.